The molecule has 0 aromatic heterocycles. The lowest BCUT2D eigenvalue weighted by Gasteiger charge is -2.17. The predicted octanol–water partition coefficient (Wildman–Crippen LogP) is 3.21. The molecule has 0 fully saturated rings. The van der Waals surface area contributed by atoms with Gasteiger partial charge < -0.3 is 11.1 Å². The van der Waals surface area contributed by atoms with E-state index in [1.807, 2.05) is 25.3 Å². The largest absolute Gasteiger partial charge is 0.398 e. The number of thioether (sulfide) groups is 1. The van der Waals surface area contributed by atoms with E-state index in [-0.39, 0.29) is 11.9 Å². The number of carbonyl (C=O) groups is 1. The fourth-order valence-electron chi connectivity index (χ4n) is 1.66. The van der Waals surface area contributed by atoms with Crippen molar-refractivity contribution in [3.8, 4) is 0 Å². The van der Waals surface area contributed by atoms with Crippen LogP contribution >= 0.6 is 27.7 Å². The van der Waals surface area contributed by atoms with Crippen molar-refractivity contribution in [1.29, 1.82) is 0 Å². The summed E-state index contributed by atoms with van der Waals surface area (Å²) in [5.41, 5.74) is 7.97. The van der Waals surface area contributed by atoms with Gasteiger partial charge in [0, 0.05) is 27.5 Å². The second kappa shape index (κ2) is 7.04. The molecule has 100 valence electrons. The molecule has 0 spiro atoms. The fourth-order valence-corrected chi connectivity index (χ4v) is 2.86. The van der Waals surface area contributed by atoms with E-state index in [9.17, 15) is 4.79 Å². The number of rotatable bonds is 5. The zero-order chi connectivity index (χ0) is 13.7. The third kappa shape index (κ3) is 3.92. The Hall–Kier alpha value is -0.680. The van der Waals surface area contributed by atoms with Crippen LogP contribution in [0, 0.1) is 6.92 Å². The number of nitrogens with one attached hydrogen (secondary N) is 1. The van der Waals surface area contributed by atoms with Gasteiger partial charge >= 0.3 is 0 Å². The highest BCUT2D eigenvalue weighted by atomic mass is 79.9. The maximum Gasteiger partial charge on any atom is 0.251 e. The number of hydrogen-bond donors (Lipinski definition) is 2. The molecule has 0 saturated heterocycles. The van der Waals surface area contributed by atoms with Crippen molar-refractivity contribution in [1.82, 2.24) is 5.32 Å². The average Bonchev–Trinajstić information content (AvgIpc) is 2.32. The van der Waals surface area contributed by atoms with Crippen molar-refractivity contribution in [3.63, 3.8) is 0 Å². The first kappa shape index (κ1) is 15.4. The number of carbonyl (C=O) groups excluding carboxylic acids is 1. The summed E-state index contributed by atoms with van der Waals surface area (Å²) >= 11 is 5.10. The molecule has 3 N–H and O–H groups in total. The molecular formula is C13H19BrN2OS. The molecule has 1 atom stereocenters. The van der Waals surface area contributed by atoms with E-state index in [1.165, 1.54) is 0 Å². The van der Waals surface area contributed by atoms with Crippen LogP contribution < -0.4 is 11.1 Å². The lowest BCUT2D eigenvalue weighted by Crippen LogP contribution is -2.36. The molecule has 0 bridgehead atoms. The van der Waals surface area contributed by atoms with Crippen LogP contribution in [-0.4, -0.2) is 24.0 Å². The van der Waals surface area contributed by atoms with E-state index in [1.54, 1.807) is 11.8 Å². The molecule has 1 unspecified atom stereocenters. The predicted molar refractivity (Wildman–Crippen MR) is 83.2 cm³/mol. The molecule has 1 aromatic carbocycles. The van der Waals surface area contributed by atoms with Gasteiger partial charge in [-0.15, -0.1) is 0 Å². The molecule has 1 amide bonds. The van der Waals surface area contributed by atoms with Crippen LogP contribution in [0.1, 0.15) is 29.3 Å². The van der Waals surface area contributed by atoms with Crippen molar-refractivity contribution in [2.24, 2.45) is 0 Å². The number of hydrogen-bond acceptors (Lipinski definition) is 3. The van der Waals surface area contributed by atoms with Crippen molar-refractivity contribution in [2.45, 2.75) is 26.3 Å². The molecule has 0 radical (unpaired) electrons. The van der Waals surface area contributed by atoms with E-state index in [4.69, 9.17) is 5.73 Å². The summed E-state index contributed by atoms with van der Waals surface area (Å²) < 4.78 is 0.827. The highest BCUT2D eigenvalue weighted by Gasteiger charge is 2.15. The van der Waals surface area contributed by atoms with Gasteiger partial charge in [-0.1, -0.05) is 22.9 Å². The number of halogens is 1. The highest BCUT2D eigenvalue weighted by molar-refractivity contribution is 9.10. The molecule has 0 aliphatic heterocycles. The molecule has 0 aliphatic rings. The van der Waals surface area contributed by atoms with E-state index in [0.717, 1.165) is 22.2 Å². The van der Waals surface area contributed by atoms with Gasteiger partial charge in [0.1, 0.15) is 0 Å². The number of nitrogens with two attached hydrogens (primary N) is 1. The van der Waals surface area contributed by atoms with Gasteiger partial charge in [0.25, 0.3) is 5.91 Å². The second-order valence-electron chi connectivity index (χ2n) is 4.20. The maximum atomic E-state index is 12.2. The Balaban J connectivity index is 2.90. The fraction of sp³-hybridized carbons (Fsp3) is 0.462. The van der Waals surface area contributed by atoms with Crippen molar-refractivity contribution in [3.05, 3.63) is 27.7 Å². The smallest absolute Gasteiger partial charge is 0.251 e. The molecule has 18 heavy (non-hydrogen) atoms. The number of amides is 1. The third-order valence-electron chi connectivity index (χ3n) is 2.85. The van der Waals surface area contributed by atoms with Gasteiger partial charge in [-0.25, -0.2) is 0 Å². The van der Waals surface area contributed by atoms with Crippen molar-refractivity contribution in [2.75, 3.05) is 17.7 Å². The van der Waals surface area contributed by atoms with Gasteiger partial charge in [0.2, 0.25) is 0 Å². The SMILES string of the molecule is CCC(CSC)NC(=O)c1cc(Br)cc(N)c1C. The van der Waals surface area contributed by atoms with E-state index in [2.05, 4.69) is 28.2 Å². The Bertz CT molecular complexity index is 437. The standard InChI is InChI=1S/C13H19BrN2OS/c1-4-10(7-18-3)16-13(17)11-5-9(14)6-12(15)8(11)2/h5-6,10H,4,7,15H2,1-3H3,(H,16,17). The minimum atomic E-state index is -0.0543. The molecule has 0 aliphatic carbocycles. The summed E-state index contributed by atoms with van der Waals surface area (Å²) in [6.07, 6.45) is 2.96. The summed E-state index contributed by atoms with van der Waals surface area (Å²) in [6.45, 7) is 3.94. The monoisotopic (exact) mass is 330 g/mol. The molecular weight excluding hydrogens is 312 g/mol. The van der Waals surface area contributed by atoms with Crippen LogP contribution in [-0.2, 0) is 0 Å². The van der Waals surface area contributed by atoms with Crippen molar-refractivity contribution < 1.29 is 4.79 Å². The van der Waals surface area contributed by atoms with Crippen molar-refractivity contribution >= 4 is 39.3 Å². The lowest BCUT2D eigenvalue weighted by atomic mass is 10.1. The third-order valence-corrected chi connectivity index (χ3v) is 4.05. The second-order valence-corrected chi connectivity index (χ2v) is 6.03. The molecule has 0 heterocycles. The van der Waals surface area contributed by atoms with Gasteiger partial charge in [0.15, 0.2) is 0 Å². The minimum absolute atomic E-state index is 0.0543. The van der Waals surface area contributed by atoms with E-state index >= 15 is 0 Å². The first-order chi connectivity index (χ1) is 8.49. The zero-order valence-corrected chi connectivity index (χ0v) is 13.3. The summed E-state index contributed by atoms with van der Waals surface area (Å²) in [6, 6.07) is 3.82. The summed E-state index contributed by atoms with van der Waals surface area (Å²) in [4.78, 5) is 12.2. The van der Waals surface area contributed by atoms with Crippen LogP contribution in [0.15, 0.2) is 16.6 Å². The quantitative estimate of drug-likeness (QED) is 0.815. The number of nitrogen functional groups attached to an aromatic ring is 1. The lowest BCUT2D eigenvalue weighted by molar-refractivity contribution is 0.0939. The van der Waals surface area contributed by atoms with E-state index in [0.29, 0.717) is 11.3 Å². The zero-order valence-electron chi connectivity index (χ0n) is 10.9. The molecule has 5 heteroatoms. The van der Waals surface area contributed by atoms with Gasteiger partial charge in [-0.2, -0.15) is 11.8 Å². The number of anilines is 1. The Labute approximate surface area is 121 Å². The average molecular weight is 331 g/mol. The minimum Gasteiger partial charge on any atom is -0.398 e. The highest BCUT2D eigenvalue weighted by Crippen LogP contribution is 2.22. The Kier molecular flexibility index (Phi) is 6.02. The first-order valence-electron chi connectivity index (χ1n) is 5.85. The van der Waals surface area contributed by atoms with Crippen LogP contribution in [0.2, 0.25) is 0 Å². The topological polar surface area (TPSA) is 55.1 Å². The molecule has 0 saturated carbocycles. The molecule has 1 rings (SSSR count). The Morgan fingerprint density at radius 3 is 2.78 bits per heavy atom. The Morgan fingerprint density at radius 1 is 1.56 bits per heavy atom. The van der Waals surface area contributed by atoms with Crippen LogP contribution in [0.25, 0.3) is 0 Å². The van der Waals surface area contributed by atoms with Crippen LogP contribution in [0.5, 0.6) is 0 Å². The normalized spacial score (nSPS) is 12.2. The Morgan fingerprint density at radius 2 is 2.22 bits per heavy atom. The summed E-state index contributed by atoms with van der Waals surface area (Å²) in [5.74, 6) is 0.867. The van der Waals surface area contributed by atoms with Crippen LogP contribution in [0.4, 0.5) is 5.69 Å². The summed E-state index contributed by atoms with van der Waals surface area (Å²) in [7, 11) is 0. The van der Waals surface area contributed by atoms with Crippen LogP contribution in [0.3, 0.4) is 0 Å². The van der Waals surface area contributed by atoms with E-state index < -0.39 is 0 Å². The summed E-state index contributed by atoms with van der Waals surface area (Å²) in [5, 5.41) is 3.04. The molecule has 1 aromatic rings. The van der Waals surface area contributed by atoms with Gasteiger partial charge in [-0.3, -0.25) is 4.79 Å². The van der Waals surface area contributed by atoms with Gasteiger partial charge in [-0.05, 0) is 37.3 Å². The molecule has 3 nitrogen and oxygen atoms in total. The first-order valence-corrected chi connectivity index (χ1v) is 8.03. The maximum absolute atomic E-state index is 12.2. The number of benzene rings is 1. The van der Waals surface area contributed by atoms with Gasteiger partial charge in [0.05, 0.1) is 0 Å².